The lowest BCUT2D eigenvalue weighted by molar-refractivity contribution is 1.10. The second-order valence-corrected chi connectivity index (χ2v) is 7.29. The Balaban J connectivity index is 1.56. The molecule has 0 radical (unpaired) electrons. The largest absolute Gasteiger partial charge is 0.309 e. The molecule has 0 unspecified atom stereocenters. The molecule has 0 bridgehead atoms. The van der Waals surface area contributed by atoms with Crippen LogP contribution in [0.15, 0.2) is 103 Å². The van der Waals surface area contributed by atoms with Gasteiger partial charge in [-0.3, -0.25) is 5.10 Å². The molecule has 30 heavy (non-hydrogen) atoms. The highest BCUT2D eigenvalue weighted by Crippen LogP contribution is 2.34. The molecule has 2 heterocycles. The van der Waals surface area contributed by atoms with Gasteiger partial charge < -0.3 is 4.57 Å². The molecule has 0 aliphatic rings. The van der Waals surface area contributed by atoms with Crippen LogP contribution in [0, 0.1) is 0 Å². The zero-order chi connectivity index (χ0) is 19.9. The summed E-state index contributed by atoms with van der Waals surface area (Å²) >= 11 is 0. The minimum Gasteiger partial charge on any atom is -0.309 e. The molecule has 0 amide bonds. The zero-order valence-corrected chi connectivity index (χ0v) is 16.2. The van der Waals surface area contributed by atoms with Gasteiger partial charge in [-0.05, 0) is 24.3 Å². The summed E-state index contributed by atoms with van der Waals surface area (Å²) in [6.45, 7) is 0. The lowest BCUT2D eigenvalue weighted by Gasteiger charge is -2.07. The van der Waals surface area contributed by atoms with Crippen LogP contribution in [0.4, 0.5) is 0 Å². The summed E-state index contributed by atoms with van der Waals surface area (Å²) in [5.41, 5.74) is 5.49. The molecule has 0 spiro atoms. The maximum Gasteiger partial charge on any atom is 0.181 e. The number of aromatic nitrogens is 4. The summed E-state index contributed by atoms with van der Waals surface area (Å²) in [6.07, 6.45) is 0. The van der Waals surface area contributed by atoms with Gasteiger partial charge in [0.15, 0.2) is 11.6 Å². The molecule has 2 aromatic heterocycles. The molecular weight excluding hydrogens is 368 g/mol. The van der Waals surface area contributed by atoms with Crippen LogP contribution in [0.1, 0.15) is 0 Å². The Hall–Kier alpha value is -4.18. The van der Waals surface area contributed by atoms with E-state index in [1.807, 2.05) is 36.4 Å². The van der Waals surface area contributed by atoms with Gasteiger partial charge in [0.1, 0.15) is 0 Å². The summed E-state index contributed by atoms with van der Waals surface area (Å²) in [5, 5.41) is 10.0. The van der Waals surface area contributed by atoms with Crippen molar-refractivity contribution >= 4 is 21.8 Å². The molecule has 142 valence electrons. The van der Waals surface area contributed by atoms with E-state index in [9.17, 15) is 0 Å². The highest BCUT2D eigenvalue weighted by molar-refractivity contribution is 6.10. The van der Waals surface area contributed by atoms with Crippen molar-refractivity contribution in [3.05, 3.63) is 103 Å². The fourth-order valence-corrected chi connectivity index (χ4v) is 4.08. The Morgan fingerprint density at radius 3 is 2.13 bits per heavy atom. The lowest BCUT2D eigenvalue weighted by atomic mass is 10.1. The van der Waals surface area contributed by atoms with Gasteiger partial charge in [-0.15, -0.1) is 0 Å². The zero-order valence-electron chi connectivity index (χ0n) is 16.2. The molecule has 0 aliphatic carbocycles. The fourth-order valence-electron chi connectivity index (χ4n) is 4.08. The maximum atomic E-state index is 4.74. The topological polar surface area (TPSA) is 46.5 Å². The third kappa shape index (κ3) is 2.62. The Kier molecular flexibility index (Phi) is 3.74. The minimum absolute atomic E-state index is 0.695. The van der Waals surface area contributed by atoms with Crippen LogP contribution in [-0.4, -0.2) is 19.7 Å². The number of fused-ring (bicyclic) bond motifs is 3. The minimum atomic E-state index is 0.695. The van der Waals surface area contributed by atoms with Gasteiger partial charge in [0.05, 0.1) is 11.0 Å². The molecular formula is C26H18N4. The number of aromatic amines is 1. The van der Waals surface area contributed by atoms with Crippen LogP contribution >= 0.6 is 0 Å². The van der Waals surface area contributed by atoms with E-state index in [0.29, 0.717) is 5.82 Å². The SMILES string of the molecule is c1ccc(-c2nc(-c3ccc4c5ccccc5n(-c5ccccc5)c4c3)n[nH]2)cc1. The van der Waals surface area contributed by atoms with Crippen LogP contribution < -0.4 is 0 Å². The molecule has 0 saturated heterocycles. The average molecular weight is 386 g/mol. The second kappa shape index (κ2) is 6.71. The summed E-state index contributed by atoms with van der Waals surface area (Å²) in [5.74, 6) is 1.47. The average Bonchev–Trinajstić information content (AvgIpc) is 3.43. The highest BCUT2D eigenvalue weighted by atomic mass is 15.2. The predicted molar refractivity (Wildman–Crippen MR) is 122 cm³/mol. The highest BCUT2D eigenvalue weighted by Gasteiger charge is 2.14. The molecule has 1 N–H and O–H groups in total. The van der Waals surface area contributed by atoms with Crippen molar-refractivity contribution in [3.8, 4) is 28.5 Å². The number of para-hydroxylation sites is 2. The van der Waals surface area contributed by atoms with Crippen molar-refractivity contribution in [2.24, 2.45) is 0 Å². The Morgan fingerprint density at radius 1 is 0.600 bits per heavy atom. The number of nitrogens with one attached hydrogen (secondary N) is 1. The fraction of sp³-hybridized carbons (Fsp3) is 0. The number of rotatable bonds is 3. The van der Waals surface area contributed by atoms with Crippen molar-refractivity contribution in [3.63, 3.8) is 0 Å². The van der Waals surface area contributed by atoms with Gasteiger partial charge in [0.2, 0.25) is 0 Å². The second-order valence-electron chi connectivity index (χ2n) is 7.29. The molecule has 0 atom stereocenters. The van der Waals surface area contributed by atoms with Gasteiger partial charge in [-0.1, -0.05) is 78.9 Å². The van der Waals surface area contributed by atoms with E-state index in [1.165, 1.54) is 16.3 Å². The lowest BCUT2D eigenvalue weighted by Crippen LogP contribution is -1.93. The quantitative estimate of drug-likeness (QED) is 0.391. The summed E-state index contributed by atoms with van der Waals surface area (Å²) in [7, 11) is 0. The van der Waals surface area contributed by atoms with Gasteiger partial charge in [0, 0.05) is 27.6 Å². The number of hydrogen-bond acceptors (Lipinski definition) is 2. The van der Waals surface area contributed by atoms with E-state index < -0.39 is 0 Å². The van der Waals surface area contributed by atoms with Gasteiger partial charge in [-0.25, -0.2) is 4.98 Å². The van der Waals surface area contributed by atoms with E-state index in [4.69, 9.17) is 4.98 Å². The maximum absolute atomic E-state index is 4.74. The molecule has 0 fully saturated rings. The first-order chi connectivity index (χ1) is 14.9. The standard InChI is InChI=1S/C26H18N4/c1-3-9-18(10-4-1)25-27-26(29-28-25)19-15-16-22-21-13-7-8-14-23(21)30(24(22)17-19)20-11-5-2-6-12-20/h1-17H,(H,27,28,29). The Morgan fingerprint density at radius 2 is 1.30 bits per heavy atom. The normalized spacial score (nSPS) is 11.3. The van der Waals surface area contributed by atoms with Gasteiger partial charge in [0.25, 0.3) is 0 Å². The van der Waals surface area contributed by atoms with E-state index in [-0.39, 0.29) is 0 Å². The smallest absolute Gasteiger partial charge is 0.181 e. The number of hydrogen-bond donors (Lipinski definition) is 1. The van der Waals surface area contributed by atoms with Gasteiger partial charge >= 0.3 is 0 Å². The Labute approximate surface area is 173 Å². The van der Waals surface area contributed by atoms with Crippen LogP contribution in [0.25, 0.3) is 50.3 Å². The Bertz CT molecular complexity index is 1480. The van der Waals surface area contributed by atoms with E-state index in [1.54, 1.807) is 0 Å². The van der Waals surface area contributed by atoms with Crippen molar-refractivity contribution in [1.82, 2.24) is 19.7 Å². The number of benzene rings is 4. The molecule has 0 aliphatic heterocycles. The van der Waals surface area contributed by atoms with Crippen LogP contribution in [0.5, 0.6) is 0 Å². The van der Waals surface area contributed by atoms with Crippen molar-refractivity contribution in [1.29, 1.82) is 0 Å². The first kappa shape index (κ1) is 16.7. The number of nitrogens with zero attached hydrogens (tertiary/aromatic N) is 3. The molecule has 6 rings (SSSR count). The van der Waals surface area contributed by atoms with E-state index in [2.05, 4.69) is 81.5 Å². The molecule has 4 nitrogen and oxygen atoms in total. The number of H-pyrrole nitrogens is 1. The van der Waals surface area contributed by atoms with E-state index >= 15 is 0 Å². The third-order valence-corrected chi connectivity index (χ3v) is 5.48. The summed E-state index contributed by atoms with van der Waals surface area (Å²) in [4.78, 5) is 4.74. The van der Waals surface area contributed by atoms with Crippen molar-refractivity contribution < 1.29 is 0 Å². The van der Waals surface area contributed by atoms with E-state index in [0.717, 1.165) is 28.2 Å². The molecule has 6 aromatic rings. The first-order valence-electron chi connectivity index (χ1n) is 9.95. The molecule has 0 saturated carbocycles. The van der Waals surface area contributed by atoms with Crippen molar-refractivity contribution in [2.45, 2.75) is 0 Å². The molecule has 4 aromatic carbocycles. The molecule has 4 heteroatoms. The predicted octanol–water partition coefficient (Wildman–Crippen LogP) is 6.24. The van der Waals surface area contributed by atoms with Crippen molar-refractivity contribution in [2.75, 3.05) is 0 Å². The summed E-state index contributed by atoms with van der Waals surface area (Å²) in [6, 6.07) is 35.5. The van der Waals surface area contributed by atoms with Crippen LogP contribution in [0.3, 0.4) is 0 Å². The first-order valence-corrected chi connectivity index (χ1v) is 9.95. The van der Waals surface area contributed by atoms with Crippen LogP contribution in [0.2, 0.25) is 0 Å². The van der Waals surface area contributed by atoms with Crippen LogP contribution in [-0.2, 0) is 0 Å². The third-order valence-electron chi connectivity index (χ3n) is 5.48. The monoisotopic (exact) mass is 386 g/mol. The van der Waals surface area contributed by atoms with Gasteiger partial charge in [-0.2, -0.15) is 5.10 Å². The summed E-state index contributed by atoms with van der Waals surface area (Å²) < 4.78 is 2.30.